The van der Waals surface area contributed by atoms with E-state index in [1.165, 1.54) is 0 Å². The topological polar surface area (TPSA) is 85.1 Å². The first kappa shape index (κ1) is 12.2. The number of anilines is 2. The van der Waals surface area contributed by atoms with Gasteiger partial charge in [-0.2, -0.15) is 0 Å². The Morgan fingerprint density at radius 1 is 1.26 bits per heavy atom. The van der Waals surface area contributed by atoms with Crippen LogP contribution < -0.4 is 11.1 Å². The molecule has 0 spiro atoms. The van der Waals surface area contributed by atoms with Crippen molar-refractivity contribution >= 4 is 32.0 Å². The molecule has 2 aromatic rings. The molecule has 5 nitrogen and oxygen atoms in total. The molecule has 19 heavy (non-hydrogen) atoms. The minimum absolute atomic E-state index is 0.0305. The molecule has 0 amide bonds. The van der Waals surface area contributed by atoms with Crippen molar-refractivity contribution in [2.75, 3.05) is 22.6 Å². The highest BCUT2D eigenvalue weighted by Crippen LogP contribution is 2.29. The Labute approximate surface area is 111 Å². The van der Waals surface area contributed by atoms with Crippen LogP contribution in [0.3, 0.4) is 0 Å². The van der Waals surface area contributed by atoms with E-state index in [4.69, 9.17) is 5.73 Å². The van der Waals surface area contributed by atoms with Crippen molar-refractivity contribution in [3.05, 3.63) is 30.6 Å². The van der Waals surface area contributed by atoms with Crippen molar-refractivity contribution in [1.29, 1.82) is 0 Å². The summed E-state index contributed by atoms with van der Waals surface area (Å²) in [4.78, 5) is 4.10. The van der Waals surface area contributed by atoms with E-state index < -0.39 is 9.84 Å². The average Bonchev–Trinajstić information content (AvgIpc) is 2.73. The zero-order chi connectivity index (χ0) is 13.5. The van der Waals surface area contributed by atoms with Crippen LogP contribution in [-0.2, 0) is 9.84 Å². The third kappa shape index (κ3) is 2.35. The van der Waals surface area contributed by atoms with Gasteiger partial charge >= 0.3 is 0 Å². The van der Waals surface area contributed by atoms with E-state index in [2.05, 4.69) is 10.3 Å². The van der Waals surface area contributed by atoms with Gasteiger partial charge in [-0.15, -0.1) is 0 Å². The fourth-order valence-electron chi connectivity index (χ4n) is 2.47. The van der Waals surface area contributed by atoms with Gasteiger partial charge in [0, 0.05) is 40.6 Å². The van der Waals surface area contributed by atoms with Crippen LogP contribution in [0, 0.1) is 0 Å². The predicted molar refractivity (Wildman–Crippen MR) is 76.8 cm³/mol. The highest BCUT2D eigenvalue weighted by Gasteiger charge is 2.27. The maximum absolute atomic E-state index is 11.5. The summed E-state index contributed by atoms with van der Waals surface area (Å²) in [5.41, 5.74) is 7.51. The highest BCUT2D eigenvalue weighted by molar-refractivity contribution is 7.91. The summed E-state index contributed by atoms with van der Waals surface area (Å²) >= 11 is 0. The number of hydrogen-bond donors (Lipinski definition) is 2. The molecular formula is C13H15N3O2S. The lowest BCUT2D eigenvalue weighted by Gasteiger charge is -2.15. The fraction of sp³-hybridized carbons (Fsp3) is 0.308. The van der Waals surface area contributed by atoms with Crippen LogP contribution in [0.25, 0.3) is 10.8 Å². The van der Waals surface area contributed by atoms with E-state index in [0.717, 1.165) is 16.5 Å². The van der Waals surface area contributed by atoms with Crippen LogP contribution in [0.2, 0.25) is 0 Å². The molecule has 3 rings (SSSR count). The standard InChI is InChI=1S/C13H15N3O2S/c14-12-1-2-13(11-7-15-5-3-10(11)12)16-9-4-6-19(17,18)8-9/h1-3,5,7,9,16H,4,6,8,14H2. The van der Waals surface area contributed by atoms with Gasteiger partial charge in [0.05, 0.1) is 11.5 Å². The molecule has 1 aromatic heterocycles. The number of hydrogen-bond acceptors (Lipinski definition) is 5. The number of benzene rings is 1. The lowest BCUT2D eigenvalue weighted by Crippen LogP contribution is -2.20. The van der Waals surface area contributed by atoms with Gasteiger partial charge in [0.25, 0.3) is 0 Å². The summed E-state index contributed by atoms with van der Waals surface area (Å²) in [6, 6.07) is 5.54. The van der Waals surface area contributed by atoms with E-state index in [9.17, 15) is 8.42 Å². The number of nitrogen functional groups attached to an aromatic ring is 1. The third-order valence-electron chi connectivity index (χ3n) is 3.44. The number of sulfone groups is 1. The number of pyridine rings is 1. The maximum Gasteiger partial charge on any atom is 0.152 e. The Hall–Kier alpha value is -1.82. The van der Waals surface area contributed by atoms with Crippen LogP contribution in [0.4, 0.5) is 11.4 Å². The molecule has 1 aliphatic rings. The molecule has 1 atom stereocenters. The van der Waals surface area contributed by atoms with Gasteiger partial charge in [-0.3, -0.25) is 4.98 Å². The van der Waals surface area contributed by atoms with E-state index in [1.807, 2.05) is 18.2 Å². The Balaban J connectivity index is 1.96. The number of nitrogens with one attached hydrogen (secondary N) is 1. The van der Waals surface area contributed by atoms with Gasteiger partial charge in [-0.25, -0.2) is 8.42 Å². The first-order valence-electron chi connectivity index (χ1n) is 6.14. The van der Waals surface area contributed by atoms with Crippen molar-refractivity contribution in [2.45, 2.75) is 12.5 Å². The van der Waals surface area contributed by atoms with E-state index in [1.54, 1.807) is 12.4 Å². The Bertz CT molecular complexity index is 728. The monoisotopic (exact) mass is 277 g/mol. The van der Waals surface area contributed by atoms with Gasteiger partial charge in [0.2, 0.25) is 0 Å². The molecule has 1 unspecified atom stereocenters. The summed E-state index contributed by atoms with van der Waals surface area (Å²) in [6.07, 6.45) is 4.09. The smallest absolute Gasteiger partial charge is 0.152 e. The molecule has 2 heterocycles. The van der Waals surface area contributed by atoms with Crippen molar-refractivity contribution in [1.82, 2.24) is 4.98 Å². The maximum atomic E-state index is 11.5. The molecule has 0 radical (unpaired) electrons. The van der Waals surface area contributed by atoms with Gasteiger partial charge in [-0.05, 0) is 24.6 Å². The normalized spacial score (nSPS) is 21.6. The Kier molecular flexibility index (Phi) is 2.82. The van der Waals surface area contributed by atoms with Gasteiger partial charge < -0.3 is 11.1 Å². The Morgan fingerprint density at radius 3 is 2.84 bits per heavy atom. The van der Waals surface area contributed by atoms with Crippen molar-refractivity contribution in [3.8, 4) is 0 Å². The quantitative estimate of drug-likeness (QED) is 0.811. The molecule has 3 N–H and O–H groups in total. The van der Waals surface area contributed by atoms with Crippen LogP contribution >= 0.6 is 0 Å². The Morgan fingerprint density at radius 2 is 2.11 bits per heavy atom. The molecular weight excluding hydrogens is 262 g/mol. The molecule has 1 saturated heterocycles. The van der Waals surface area contributed by atoms with Crippen LogP contribution in [-0.4, -0.2) is 30.9 Å². The van der Waals surface area contributed by atoms with Crippen LogP contribution in [0.1, 0.15) is 6.42 Å². The first-order chi connectivity index (χ1) is 9.05. The van der Waals surface area contributed by atoms with E-state index >= 15 is 0 Å². The second kappa shape index (κ2) is 4.38. The lowest BCUT2D eigenvalue weighted by atomic mass is 10.1. The zero-order valence-corrected chi connectivity index (χ0v) is 11.2. The first-order valence-corrected chi connectivity index (χ1v) is 7.96. The summed E-state index contributed by atoms with van der Waals surface area (Å²) in [7, 11) is -2.88. The molecule has 1 fully saturated rings. The van der Waals surface area contributed by atoms with Gasteiger partial charge in [-0.1, -0.05) is 0 Å². The van der Waals surface area contributed by atoms with E-state index in [0.29, 0.717) is 12.1 Å². The third-order valence-corrected chi connectivity index (χ3v) is 5.21. The largest absolute Gasteiger partial charge is 0.398 e. The van der Waals surface area contributed by atoms with Crippen LogP contribution in [0.15, 0.2) is 30.6 Å². The molecule has 0 bridgehead atoms. The van der Waals surface area contributed by atoms with Gasteiger partial charge in [0.1, 0.15) is 0 Å². The number of aromatic nitrogens is 1. The molecule has 0 aliphatic carbocycles. The lowest BCUT2D eigenvalue weighted by molar-refractivity contribution is 0.602. The van der Waals surface area contributed by atoms with Crippen molar-refractivity contribution in [3.63, 3.8) is 0 Å². The minimum Gasteiger partial charge on any atom is -0.398 e. The van der Waals surface area contributed by atoms with Crippen LogP contribution in [0.5, 0.6) is 0 Å². The number of nitrogens with zero attached hydrogens (tertiary/aromatic N) is 1. The van der Waals surface area contributed by atoms with Crippen molar-refractivity contribution in [2.24, 2.45) is 0 Å². The molecule has 6 heteroatoms. The predicted octanol–water partition coefficient (Wildman–Crippen LogP) is 1.42. The number of nitrogens with two attached hydrogens (primary N) is 1. The van der Waals surface area contributed by atoms with Crippen molar-refractivity contribution < 1.29 is 8.42 Å². The molecule has 100 valence electrons. The fourth-order valence-corrected chi connectivity index (χ4v) is 4.14. The average molecular weight is 277 g/mol. The summed E-state index contributed by atoms with van der Waals surface area (Å²) in [6.45, 7) is 0. The summed E-state index contributed by atoms with van der Waals surface area (Å²) < 4.78 is 23.0. The molecule has 1 aliphatic heterocycles. The zero-order valence-electron chi connectivity index (χ0n) is 10.3. The summed E-state index contributed by atoms with van der Waals surface area (Å²) in [5.74, 6) is 0.453. The SMILES string of the molecule is Nc1ccc(NC2CCS(=O)(=O)C2)c2cnccc12. The summed E-state index contributed by atoms with van der Waals surface area (Å²) in [5, 5.41) is 5.15. The minimum atomic E-state index is -2.88. The second-order valence-corrected chi connectivity index (χ2v) is 7.10. The highest BCUT2D eigenvalue weighted by atomic mass is 32.2. The second-order valence-electron chi connectivity index (χ2n) is 4.87. The molecule has 0 saturated carbocycles. The number of rotatable bonds is 2. The van der Waals surface area contributed by atoms with E-state index in [-0.39, 0.29) is 17.5 Å². The number of fused-ring (bicyclic) bond motifs is 1. The molecule has 1 aromatic carbocycles. The van der Waals surface area contributed by atoms with Gasteiger partial charge in [0.15, 0.2) is 9.84 Å².